The summed E-state index contributed by atoms with van der Waals surface area (Å²) >= 11 is 0. The molecule has 5 heteroatoms. The van der Waals surface area contributed by atoms with Crippen molar-refractivity contribution in [2.45, 2.75) is 44.9 Å². The first kappa shape index (κ1) is 18.1. The topological polar surface area (TPSA) is 49.9 Å². The van der Waals surface area contributed by atoms with Gasteiger partial charge in [0.25, 0.3) is 0 Å². The average Bonchev–Trinajstić information content (AvgIpc) is 3.02. The van der Waals surface area contributed by atoms with Crippen molar-refractivity contribution in [3.8, 4) is 5.75 Å². The summed E-state index contributed by atoms with van der Waals surface area (Å²) in [4.78, 5) is 29.8. The second-order valence-electron chi connectivity index (χ2n) is 7.79. The Morgan fingerprint density at radius 1 is 0.963 bits per heavy atom. The minimum absolute atomic E-state index is 0.0417. The van der Waals surface area contributed by atoms with Gasteiger partial charge in [-0.1, -0.05) is 6.08 Å². The van der Waals surface area contributed by atoms with E-state index in [1.807, 2.05) is 0 Å². The molecule has 0 radical (unpaired) electrons. The maximum absolute atomic E-state index is 13.2. The number of allylic oxidation sites excluding steroid dienone is 2. The number of anilines is 1. The van der Waals surface area contributed by atoms with Crippen LogP contribution in [0.4, 0.5) is 5.69 Å². The number of likely N-dealkylation sites (tertiary alicyclic amines) is 1. The van der Waals surface area contributed by atoms with Gasteiger partial charge >= 0.3 is 0 Å². The summed E-state index contributed by atoms with van der Waals surface area (Å²) in [6, 6.07) is 7.17. The largest absolute Gasteiger partial charge is 0.497 e. The molecule has 0 spiro atoms. The highest BCUT2D eigenvalue weighted by atomic mass is 16.5. The van der Waals surface area contributed by atoms with E-state index in [1.165, 1.54) is 29.9 Å². The standard InChI is InChI=1S/C22H28N2O3/c1-27-17-11-9-16(10-12-17)24-21(25)15-19(22(24)26)18-7-3-4-8-20(18)23-13-5-2-6-14-23/h8-12,18-19H,2-7,13-15H2,1H3/t18-,19+/m0/s1. The van der Waals surface area contributed by atoms with Crippen molar-refractivity contribution in [2.75, 3.05) is 25.1 Å². The van der Waals surface area contributed by atoms with Crippen molar-refractivity contribution in [2.24, 2.45) is 11.8 Å². The van der Waals surface area contributed by atoms with Crippen LogP contribution in [0, 0.1) is 11.8 Å². The van der Waals surface area contributed by atoms with Crippen LogP contribution in [-0.2, 0) is 9.59 Å². The molecule has 2 heterocycles. The van der Waals surface area contributed by atoms with Crippen molar-refractivity contribution in [1.82, 2.24) is 4.90 Å². The monoisotopic (exact) mass is 368 g/mol. The van der Waals surface area contributed by atoms with Crippen LogP contribution in [0.5, 0.6) is 5.75 Å². The van der Waals surface area contributed by atoms with Crippen LogP contribution in [0.25, 0.3) is 0 Å². The third-order valence-corrected chi connectivity index (χ3v) is 6.17. The van der Waals surface area contributed by atoms with Crippen LogP contribution < -0.4 is 9.64 Å². The lowest BCUT2D eigenvalue weighted by Gasteiger charge is -2.39. The van der Waals surface area contributed by atoms with Crippen molar-refractivity contribution < 1.29 is 14.3 Å². The van der Waals surface area contributed by atoms with Crippen LogP contribution in [-0.4, -0.2) is 36.9 Å². The first-order valence-corrected chi connectivity index (χ1v) is 10.1. The van der Waals surface area contributed by atoms with Gasteiger partial charge in [0, 0.05) is 31.1 Å². The number of imide groups is 1. The molecule has 144 valence electrons. The van der Waals surface area contributed by atoms with Crippen molar-refractivity contribution in [1.29, 1.82) is 0 Å². The number of benzene rings is 1. The molecule has 27 heavy (non-hydrogen) atoms. The Hall–Kier alpha value is -2.30. The summed E-state index contributed by atoms with van der Waals surface area (Å²) in [7, 11) is 1.61. The quantitative estimate of drug-likeness (QED) is 0.760. The third-order valence-electron chi connectivity index (χ3n) is 6.17. The van der Waals surface area contributed by atoms with Gasteiger partial charge in [0.05, 0.1) is 18.7 Å². The van der Waals surface area contributed by atoms with Gasteiger partial charge in [-0.3, -0.25) is 14.5 Å². The zero-order valence-electron chi connectivity index (χ0n) is 16.0. The molecule has 0 N–H and O–H groups in total. The molecule has 1 aromatic rings. The number of piperidine rings is 1. The minimum atomic E-state index is -0.229. The van der Waals surface area contributed by atoms with E-state index in [1.54, 1.807) is 31.4 Å². The summed E-state index contributed by atoms with van der Waals surface area (Å²) in [5.41, 5.74) is 1.97. The number of nitrogens with zero attached hydrogens (tertiary/aromatic N) is 2. The molecule has 2 atom stereocenters. The number of methoxy groups -OCH3 is 1. The molecule has 5 nitrogen and oxygen atoms in total. The van der Waals surface area contributed by atoms with Crippen LogP contribution in [0.2, 0.25) is 0 Å². The van der Waals surface area contributed by atoms with Gasteiger partial charge in [-0.15, -0.1) is 0 Å². The van der Waals surface area contributed by atoms with Crippen LogP contribution in [0.3, 0.4) is 0 Å². The molecule has 1 aromatic carbocycles. The Labute approximate surface area is 161 Å². The van der Waals surface area contributed by atoms with Crippen molar-refractivity contribution >= 4 is 17.5 Å². The third kappa shape index (κ3) is 3.47. The summed E-state index contributed by atoms with van der Waals surface area (Å²) in [6.07, 6.45) is 9.57. The number of hydrogen-bond acceptors (Lipinski definition) is 4. The second kappa shape index (κ2) is 7.75. The van der Waals surface area contributed by atoms with E-state index >= 15 is 0 Å². The molecular formula is C22H28N2O3. The van der Waals surface area contributed by atoms with Gasteiger partial charge in [0.2, 0.25) is 11.8 Å². The molecule has 0 saturated carbocycles. The first-order valence-electron chi connectivity index (χ1n) is 10.1. The molecule has 2 aliphatic heterocycles. The lowest BCUT2D eigenvalue weighted by molar-refractivity contribution is -0.123. The SMILES string of the molecule is COc1ccc(N2C(=O)C[C@H]([C@@H]3CCCC=C3N3CCCCC3)C2=O)cc1. The van der Waals surface area contributed by atoms with E-state index in [2.05, 4.69) is 11.0 Å². The Kier molecular flexibility index (Phi) is 5.19. The number of carbonyl (C=O) groups is 2. The maximum Gasteiger partial charge on any atom is 0.238 e. The molecule has 2 fully saturated rings. The minimum Gasteiger partial charge on any atom is -0.497 e. The first-order chi connectivity index (χ1) is 13.2. The predicted octanol–water partition coefficient (Wildman–Crippen LogP) is 3.74. The summed E-state index contributed by atoms with van der Waals surface area (Å²) in [5, 5.41) is 0. The van der Waals surface area contributed by atoms with Crippen LogP contribution in [0.15, 0.2) is 36.0 Å². The summed E-state index contributed by atoms with van der Waals surface area (Å²) < 4.78 is 5.18. The molecule has 0 unspecified atom stereocenters. The second-order valence-corrected chi connectivity index (χ2v) is 7.79. The lowest BCUT2D eigenvalue weighted by atomic mass is 9.80. The number of carbonyl (C=O) groups excluding carboxylic acids is 2. The molecule has 0 aromatic heterocycles. The van der Waals surface area contributed by atoms with Crippen molar-refractivity contribution in [3.05, 3.63) is 36.0 Å². The van der Waals surface area contributed by atoms with Gasteiger partial charge in [-0.2, -0.15) is 0 Å². The highest BCUT2D eigenvalue weighted by Gasteiger charge is 2.45. The van der Waals surface area contributed by atoms with Crippen LogP contribution >= 0.6 is 0 Å². The highest BCUT2D eigenvalue weighted by Crippen LogP contribution is 2.41. The van der Waals surface area contributed by atoms with E-state index in [0.29, 0.717) is 12.1 Å². The van der Waals surface area contributed by atoms with Gasteiger partial charge in [0.15, 0.2) is 0 Å². The Bertz CT molecular complexity index is 734. The number of hydrogen-bond donors (Lipinski definition) is 0. The summed E-state index contributed by atoms with van der Waals surface area (Å²) in [5.74, 6) is 0.542. The smallest absolute Gasteiger partial charge is 0.238 e. The summed E-state index contributed by atoms with van der Waals surface area (Å²) in [6.45, 7) is 2.17. The van der Waals surface area contributed by atoms with Gasteiger partial charge in [-0.25, -0.2) is 0 Å². The number of amides is 2. The van der Waals surface area contributed by atoms with E-state index in [4.69, 9.17) is 4.74 Å². The Morgan fingerprint density at radius 3 is 2.41 bits per heavy atom. The average molecular weight is 368 g/mol. The lowest BCUT2D eigenvalue weighted by Crippen LogP contribution is -2.38. The van der Waals surface area contributed by atoms with E-state index in [0.717, 1.165) is 38.1 Å². The van der Waals surface area contributed by atoms with E-state index in [9.17, 15) is 9.59 Å². The fraction of sp³-hybridized carbons (Fsp3) is 0.545. The van der Waals surface area contributed by atoms with E-state index in [-0.39, 0.29) is 23.7 Å². The molecular weight excluding hydrogens is 340 g/mol. The fourth-order valence-electron chi connectivity index (χ4n) is 4.78. The van der Waals surface area contributed by atoms with Crippen LogP contribution in [0.1, 0.15) is 44.9 Å². The normalized spacial score (nSPS) is 26.3. The zero-order chi connectivity index (χ0) is 18.8. The maximum atomic E-state index is 13.2. The Balaban J connectivity index is 1.56. The molecule has 0 bridgehead atoms. The van der Waals surface area contributed by atoms with Gasteiger partial charge in [-0.05, 0) is 62.8 Å². The van der Waals surface area contributed by atoms with Gasteiger partial charge < -0.3 is 9.64 Å². The predicted molar refractivity (Wildman–Crippen MR) is 104 cm³/mol. The molecule has 3 aliphatic rings. The number of rotatable bonds is 4. The molecule has 2 amide bonds. The van der Waals surface area contributed by atoms with E-state index < -0.39 is 0 Å². The Morgan fingerprint density at radius 2 is 1.70 bits per heavy atom. The highest BCUT2D eigenvalue weighted by molar-refractivity contribution is 6.21. The number of ether oxygens (including phenoxy) is 1. The van der Waals surface area contributed by atoms with Gasteiger partial charge in [0.1, 0.15) is 5.75 Å². The molecule has 2 saturated heterocycles. The molecule has 1 aliphatic carbocycles. The zero-order valence-corrected chi connectivity index (χ0v) is 16.0. The van der Waals surface area contributed by atoms with Crippen molar-refractivity contribution in [3.63, 3.8) is 0 Å². The fourth-order valence-corrected chi connectivity index (χ4v) is 4.78. The molecule has 4 rings (SSSR count).